The Bertz CT molecular complexity index is 400. The molecule has 2 aliphatic carbocycles. The molecular formula is C13H16O4. The highest BCUT2D eigenvalue weighted by Crippen LogP contribution is 2.50. The van der Waals surface area contributed by atoms with E-state index in [1.54, 1.807) is 6.92 Å². The van der Waals surface area contributed by atoms with Crippen molar-refractivity contribution in [2.24, 2.45) is 11.8 Å². The van der Waals surface area contributed by atoms with Gasteiger partial charge in [-0.1, -0.05) is 12.2 Å². The summed E-state index contributed by atoms with van der Waals surface area (Å²) in [4.78, 5) is 24.3. The highest BCUT2D eigenvalue weighted by Gasteiger charge is 2.63. The summed E-state index contributed by atoms with van der Waals surface area (Å²) in [5.74, 6) is -0.325. The van der Waals surface area contributed by atoms with E-state index in [9.17, 15) is 9.59 Å². The van der Waals surface area contributed by atoms with Crippen molar-refractivity contribution in [1.82, 2.24) is 0 Å². The molecule has 17 heavy (non-hydrogen) atoms. The van der Waals surface area contributed by atoms with Gasteiger partial charge in [-0.2, -0.15) is 0 Å². The van der Waals surface area contributed by atoms with Crippen molar-refractivity contribution < 1.29 is 19.1 Å². The minimum atomic E-state index is -1.32. The second-order valence-electron chi connectivity index (χ2n) is 4.98. The number of carbonyl (C=O) groups is 2. The minimum Gasteiger partial charge on any atom is -0.463 e. The van der Waals surface area contributed by atoms with Crippen molar-refractivity contribution >= 4 is 11.8 Å². The molecule has 4 atom stereocenters. The molecule has 0 spiro atoms. The van der Waals surface area contributed by atoms with Gasteiger partial charge in [-0.25, -0.2) is 4.79 Å². The van der Waals surface area contributed by atoms with Crippen LogP contribution in [0.25, 0.3) is 0 Å². The number of hydrogen-bond acceptors (Lipinski definition) is 4. The van der Waals surface area contributed by atoms with Crippen molar-refractivity contribution in [1.29, 1.82) is 0 Å². The fourth-order valence-corrected chi connectivity index (χ4v) is 3.38. The van der Waals surface area contributed by atoms with Crippen molar-refractivity contribution in [3.63, 3.8) is 0 Å². The molecule has 0 unspecified atom stereocenters. The molecular weight excluding hydrogens is 220 g/mol. The van der Waals surface area contributed by atoms with E-state index in [-0.39, 0.29) is 24.4 Å². The first-order chi connectivity index (χ1) is 8.18. The van der Waals surface area contributed by atoms with Crippen molar-refractivity contribution in [3.05, 3.63) is 12.2 Å². The SMILES string of the molecule is CCOC(=O)[C@@]12O[C@H]3C=C[C@@H]1[C@@H](CCC2=O)C3. The van der Waals surface area contributed by atoms with Gasteiger partial charge in [0.05, 0.1) is 12.7 Å². The molecule has 0 aromatic heterocycles. The Morgan fingerprint density at radius 2 is 2.41 bits per heavy atom. The van der Waals surface area contributed by atoms with Crippen LogP contribution >= 0.6 is 0 Å². The molecule has 4 aliphatic rings. The van der Waals surface area contributed by atoms with Gasteiger partial charge >= 0.3 is 5.97 Å². The smallest absolute Gasteiger partial charge is 0.346 e. The van der Waals surface area contributed by atoms with Gasteiger partial charge in [-0.05, 0) is 25.7 Å². The first-order valence-corrected chi connectivity index (χ1v) is 6.25. The van der Waals surface area contributed by atoms with Gasteiger partial charge in [0.15, 0.2) is 5.78 Å². The summed E-state index contributed by atoms with van der Waals surface area (Å²) in [6, 6.07) is 0. The van der Waals surface area contributed by atoms with Crippen molar-refractivity contribution in [3.8, 4) is 0 Å². The first kappa shape index (κ1) is 11.0. The number of Topliss-reactive ketones (excluding diaryl/α,β-unsaturated/α-hetero) is 1. The monoisotopic (exact) mass is 236 g/mol. The summed E-state index contributed by atoms with van der Waals surface area (Å²) >= 11 is 0. The minimum absolute atomic E-state index is 0.0985. The van der Waals surface area contributed by atoms with E-state index in [2.05, 4.69) is 0 Å². The van der Waals surface area contributed by atoms with E-state index >= 15 is 0 Å². The Morgan fingerprint density at radius 1 is 1.59 bits per heavy atom. The molecule has 4 rings (SSSR count). The highest BCUT2D eigenvalue weighted by atomic mass is 16.6. The number of esters is 1. The van der Waals surface area contributed by atoms with Crippen LogP contribution in [0, 0.1) is 11.8 Å². The third-order valence-electron chi connectivity index (χ3n) is 4.12. The van der Waals surface area contributed by atoms with Gasteiger partial charge in [0.2, 0.25) is 5.60 Å². The molecule has 1 saturated carbocycles. The van der Waals surface area contributed by atoms with E-state index in [1.165, 1.54) is 0 Å². The van der Waals surface area contributed by atoms with Crippen LogP contribution in [0.4, 0.5) is 0 Å². The van der Waals surface area contributed by atoms with Gasteiger partial charge < -0.3 is 9.47 Å². The molecule has 0 aromatic rings. The molecule has 2 fully saturated rings. The van der Waals surface area contributed by atoms with E-state index < -0.39 is 11.6 Å². The van der Waals surface area contributed by atoms with Crippen LogP contribution in [0.1, 0.15) is 26.2 Å². The summed E-state index contributed by atoms with van der Waals surface area (Å²) in [5, 5.41) is 0. The average Bonchev–Trinajstić information content (AvgIpc) is 2.35. The number of ketones is 1. The Labute approximate surface area is 100.0 Å². The summed E-state index contributed by atoms with van der Waals surface area (Å²) in [6.07, 6.45) is 6.08. The zero-order valence-electron chi connectivity index (χ0n) is 9.85. The predicted molar refractivity (Wildman–Crippen MR) is 59.2 cm³/mol. The van der Waals surface area contributed by atoms with Gasteiger partial charge in [0, 0.05) is 12.3 Å². The Balaban J connectivity index is 2.02. The number of hydrogen-bond donors (Lipinski definition) is 0. The average molecular weight is 236 g/mol. The van der Waals surface area contributed by atoms with Gasteiger partial charge in [0.1, 0.15) is 0 Å². The molecule has 0 radical (unpaired) electrons. The maximum absolute atomic E-state index is 12.2. The topological polar surface area (TPSA) is 52.6 Å². The van der Waals surface area contributed by atoms with Crippen LogP contribution in [-0.4, -0.2) is 30.1 Å². The van der Waals surface area contributed by atoms with Crippen molar-refractivity contribution in [2.45, 2.75) is 37.9 Å². The lowest BCUT2D eigenvalue weighted by molar-refractivity contribution is -0.211. The zero-order chi connectivity index (χ0) is 12.0. The predicted octanol–water partition coefficient (Wildman–Crippen LogP) is 1.24. The van der Waals surface area contributed by atoms with E-state index in [4.69, 9.17) is 9.47 Å². The first-order valence-electron chi connectivity index (χ1n) is 6.25. The fourth-order valence-electron chi connectivity index (χ4n) is 3.38. The van der Waals surface area contributed by atoms with Gasteiger partial charge in [-0.15, -0.1) is 0 Å². The van der Waals surface area contributed by atoms with Gasteiger partial charge in [0.25, 0.3) is 0 Å². The van der Waals surface area contributed by atoms with Crippen LogP contribution in [0.2, 0.25) is 0 Å². The van der Waals surface area contributed by atoms with Crippen LogP contribution in [0.5, 0.6) is 0 Å². The summed E-state index contributed by atoms with van der Waals surface area (Å²) in [5.41, 5.74) is -1.32. The Kier molecular flexibility index (Phi) is 2.36. The zero-order valence-corrected chi connectivity index (χ0v) is 9.85. The summed E-state index contributed by atoms with van der Waals surface area (Å²) in [6.45, 7) is 2.03. The maximum Gasteiger partial charge on any atom is 0.346 e. The normalized spacial score (nSPS) is 42.6. The quantitative estimate of drug-likeness (QED) is 0.411. The second kappa shape index (κ2) is 3.67. The lowest BCUT2D eigenvalue weighted by atomic mass is 9.62. The molecule has 4 nitrogen and oxygen atoms in total. The van der Waals surface area contributed by atoms with Crippen LogP contribution < -0.4 is 0 Å². The molecule has 2 aliphatic heterocycles. The Morgan fingerprint density at radius 3 is 3.12 bits per heavy atom. The summed E-state index contributed by atoms with van der Waals surface area (Å²) in [7, 11) is 0. The Hall–Kier alpha value is -1.16. The molecule has 0 aromatic carbocycles. The van der Waals surface area contributed by atoms with Crippen LogP contribution in [0.3, 0.4) is 0 Å². The van der Waals surface area contributed by atoms with Crippen LogP contribution in [-0.2, 0) is 19.1 Å². The molecule has 1 saturated heterocycles. The molecule has 4 heteroatoms. The molecule has 4 bridgehead atoms. The van der Waals surface area contributed by atoms with E-state index in [0.717, 1.165) is 12.8 Å². The number of carbonyl (C=O) groups excluding carboxylic acids is 2. The molecule has 2 heterocycles. The van der Waals surface area contributed by atoms with Gasteiger partial charge in [-0.3, -0.25) is 4.79 Å². The lowest BCUT2D eigenvalue weighted by Gasteiger charge is -2.52. The number of rotatable bonds is 2. The molecule has 0 amide bonds. The third kappa shape index (κ3) is 1.33. The van der Waals surface area contributed by atoms with Crippen molar-refractivity contribution in [2.75, 3.05) is 6.61 Å². The standard InChI is InChI=1S/C13H16O4/c1-2-16-12(15)13-10-5-4-9(17-13)7-8(10)3-6-11(13)14/h4-5,8-10H,2-3,6-7H2,1H3/t8-,9-,10+,13+/m0/s1. The number of ether oxygens (including phenoxy) is 2. The molecule has 92 valence electrons. The fraction of sp³-hybridized carbons (Fsp3) is 0.692. The maximum atomic E-state index is 12.2. The highest BCUT2D eigenvalue weighted by molar-refractivity contribution is 6.09. The lowest BCUT2D eigenvalue weighted by Crippen LogP contribution is -2.65. The van der Waals surface area contributed by atoms with E-state index in [1.807, 2.05) is 12.2 Å². The second-order valence-corrected chi connectivity index (χ2v) is 4.98. The largest absolute Gasteiger partial charge is 0.463 e. The molecule has 0 N–H and O–H groups in total. The van der Waals surface area contributed by atoms with E-state index in [0.29, 0.717) is 12.3 Å². The third-order valence-corrected chi connectivity index (χ3v) is 4.12. The van der Waals surface area contributed by atoms with Crippen LogP contribution in [0.15, 0.2) is 12.2 Å². The summed E-state index contributed by atoms with van der Waals surface area (Å²) < 4.78 is 10.8.